The number of carbonyl (C=O) groups excluding carboxylic acids is 2. The second kappa shape index (κ2) is 9.11. The van der Waals surface area contributed by atoms with Gasteiger partial charge >= 0.3 is 0 Å². The summed E-state index contributed by atoms with van der Waals surface area (Å²) in [5, 5.41) is 11.4. The summed E-state index contributed by atoms with van der Waals surface area (Å²) >= 11 is 6.14. The number of benzene rings is 2. The molecule has 0 aliphatic carbocycles. The highest BCUT2D eigenvalue weighted by Crippen LogP contribution is 2.44. The Hall–Kier alpha value is -3.98. The lowest BCUT2D eigenvalue weighted by atomic mass is 9.97. The standard InChI is InChI=1S/C24H17ClF2N2O5/c1-33-18-11-14(25)19(34-2)10-13(18)22(30)20-21(16-5-3-4-8-28-16)29(24(32)23(20)31)17-7-6-12(26)9-15(17)27/h3-11,21,30H,1-2H3/b22-20+. The Balaban J connectivity index is 2.01. The van der Waals surface area contributed by atoms with Gasteiger partial charge in [-0.3, -0.25) is 19.5 Å². The maximum absolute atomic E-state index is 14.7. The van der Waals surface area contributed by atoms with Crippen LogP contribution < -0.4 is 14.4 Å². The van der Waals surface area contributed by atoms with Crippen molar-refractivity contribution in [2.45, 2.75) is 6.04 Å². The summed E-state index contributed by atoms with van der Waals surface area (Å²) < 4.78 is 38.7. The van der Waals surface area contributed by atoms with Gasteiger partial charge in [0.1, 0.15) is 34.9 Å². The zero-order chi connectivity index (χ0) is 24.6. The number of aliphatic hydroxyl groups is 1. The fourth-order valence-corrected chi connectivity index (χ4v) is 4.00. The number of ether oxygens (including phenoxy) is 2. The van der Waals surface area contributed by atoms with E-state index in [1.165, 1.54) is 38.6 Å². The van der Waals surface area contributed by atoms with Crippen LogP contribution >= 0.6 is 11.6 Å². The van der Waals surface area contributed by atoms with Gasteiger partial charge in [-0.2, -0.15) is 0 Å². The Kier molecular flexibility index (Phi) is 6.21. The van der Waals surface area contributed by atoms with Gasteiger partial charge in [0.05, 0.1) is 41.8 Å². The fourth-order valence-electron chi connectivity index (χ4n) is 3.77. The van der Waals surface area contributed by atoms with Crippen LogP contribution in [0.3, 0.4) is 0 Å². The highest BCUT2D eigenvalue weighted by Gasteiger charge is 2.48. The number of halogens is 3. The van der Waals surface area contributed by atoms with Crippen LogP contribution in [0.15, 0.2) is 60.3 Å². The second-order valence-electron chi connectivity index (χ2n) is 7.21. The normalized spacial score (nSPS) is 17.2. The van der Waals surface area contributed by atoms with Crippen LogP contribution in [0.25, 0.3) is 5.76 Å². The summed E-state index contributed by atoms with van der Waals surface area (Å²) in [6.07, 6.45) is 1.42. The predicted molar refractivity (Wildman–Crippen MR) is 120 cm³/mol. The monoisotopic (exact) mass is 486 g/mol. The van der Waals surface area contributed by atoms with Crippen molar-refractivity contribution in [1.29, 1.82) is 0 Å². The van der Waals surface area contributed by atoms with Gasteiger partial charge in [-0.15, -0.1) is 0 Å². The van der Waals surface area contributed by atoms with Crippen molar-refractivity contribution in [1.82, 2.24) is 4.98 Å². The highest BCUT2D eigenvalue weighted by molar-refractivity contribution is 6.51. The number of rotatable bonds is 5. The van der Waals surface area contributed by atoms with Crippen LogP contribution in [0, 0.1) is 11.6 Å². The molecule has 1 N–H and O–H groups in total. The molecule has 0 saturated carbocycles. The minimum atomic E-state index is -1.31. The third kappa shape index (κ3) is 3.84. The van der Waals surface area contributed by atoms with Crippen molar-refractivity contribution in [2.75, 3.05) is 19.1 Å². The van der Waals surface area contributed by atoms with Crippen molar-refractivity contribution in [3.05, 3.63) is 88.2 Å². The van der Waals surface area contributed by atoms with Gasteiger partial charge in [-0.25, -0.2) is 8.78 Å². The number of methoxy groups -OCH3 is 2. The van der Waals surface area contributed by atoms with Crippen LogP contribution in [-0.2, 0) is 9.59 Å². The fraction of sp³-hybridized carbons (Fsp3) is 0.125. The molecular weight excluding hydrogens is 470 g/mol. The Labute approximate surface area is 197 Å². The molecule has 1 aliphatic heterocycles. The minimum absolute atomic E-state index is 0.0160. The predicted octanol–water partition coefficient (Wildman–Crippen LogP) is 4.66. The quantitative estimate of drug-likeness (QED) is 0.320. The topological polar surface area (TPSA) is 89.0 Å². The number of nitrogens with zero attached hydrogens (tertiary/aromatic N) is 2. The van der Waals surface area contributed by atoms with Crippen molar-refractivity contribution in [3.63, 3.8) is 0 Å². The molecular formula is C24H17ClF2N2O5. The van der Waals surface area contributed by atoms with E-state index in [0.717, 1.165) is 17.0 Å². The molecule has 4 rings (SSSR count). The van der Waals surface area contributed by atoms with E-state index in [0.29, 0.717) is 6.07 Å². The van der Waals surface area contributed by atoms with E-state index in [-0.39, 0.29) is 39.0 Å². The minimum Gasteiger partial charge on any atom is -0.507 e. The largest absolute Gasteiger partial charge is 0.507 e. The molecule has 2 aromatic carbocycles. The van der Waals surface area contributed by atoms with E-state index < -0.39 is 35.1 Å². The third-order valence-corrected chi connectivity index (χ3v) is 5.61. The number of amides is 1. The average molecular weight is 487 g/mol. The molecule has 0 spiro atoms. The number of hydrogen-bond donors (Lipinski definition) is 1. The van der Waals surface area contributed by atoms with Crippen LogP contribution in [-0.4, -0.2) is 36.0 Å². The van der Waals surface area contributed by atoms with Gasteiger partial charge < -0.3 is 14.6 Å². The smallest absolute Gasteiger partial charge is 0.300 e. The molecule has 0 bridgehead atoms. The summed E-state index contributed by atoms with van der Waals surface area (Å²) in [4.78, 5) is 31.3. The van der Waals surface area contributed by atoms with Crippen LogP contribution in [0.2, 0.25) is 5.02 Å². The summed E-state index contributed by atoms with van der Waals surface area (Å²) in [5.41, 5.74) is -0.525. The summed E-state index contributed by atoms with van der Waals surface area (Å²) in [6.45, 7) is 0. The number of Topliss-reactive ketones (excluding diaryl/α,β-unsaturated/α-hetero) is 1. The highest BCUT2D eigenvalue weighted by atomic mass is 35.5. The summed E-state index contributed by atoms with van der Waals surface area (Å²) in [6, 6.07) is 8.73. The van der Waals surface area contributed by atoms with Crippen molar-refractivity contribution < 1.29 is 33.0 Å². The molecule has 7 nitrogen and oxygen atoms in total. The van der Waals surface area contributed by atoms with Crippen molar-refractivity contribution >= 4 is 34.7 Å². The zero-order valence-corrected chi connectivity index (χ0v) is 18.6. The Morgan fingerprint density at radius 1 is 1.06 bits per heavy atom. The average Bonchev–Trinajstić information content (AvgIpc) is 3.09. The molecule has 174 valence electrons. The molecule has 34 heavy (non-hydrogen) atoms. The van der Waals surface area contributed by atoms with Gasteiger partial charge in [-0.1, -0.05) is 17.7 Å². The molecule has 1 amide bonds. The van der Waals surface area contributed by atoms with Crippen LogP contribution in [0.4, 0.5) is 14.5 Å². The molecule has 2 heterocycles. The number of pyridine rings is 1. The zero-order valence-electron chi connectivity index (χ0n) is 17.9. The molecule has 3 aromatic rings. The van der Waals surface area contributed by atoms with Crippen molar-refractivity contribution in [3.8, 4) is 11.5 Å². The Morgan fingerprint density at radius 3 is 2.41 bits per heavy atom. The first-order chi connectivity index (χ1) is 16.3. The molecule has 1 atom stereocenters. The maximum atomic E-state index is 14.7. The first kappa shape index (κ1) is 23.2. The molecule has 1 fully saturated rings. The van der Waals surface area contributed by atoms with Crippen molar-refractivity contribution in [2.24, 2.45) is 0 Å². The SMILES string of the molecule is COc1cc(/C(O)=C2\C(=O)C(=O)N(c3ccc(F)cc3F)C2c2ccccn2)c(OC)cc1Cl. The number of hydrogen-bond acceptors (Lipinski definition) is 6. The molecule has 1 saturated heterocycles. The second-order valence-corrected chi connectivity index (χ2v) is 7.61. The molecule has 1 aromatic heterocycles. The Morgan fingerprint density at radius 2 is 1.79 bits per heavy atom. The van der Waals surface area contributed by atoms with Gasteiger partial charge in [0.2, 0.25) is 0 Å². The molecule has 0 radical (unpaired) electrons. The third-order valence-electron chi connectivity index (χ3n) is 5.31. The maximum Gasteiger partial charge on any atom is 0.300 e. The number of aromatic nitrogens is 1. The first-order valence-corrected chi connectivity index (χ1v) is 10.2. The van der Waals surface area contributed by atoms with Gasteiger partial charge in [0.15, 0.2) is 0 Å². The lowest BCUT2D eigenvalue weighted by Gasteiger charge is -2.25. The van der Waals surface area contributed by atoms with E-state index in [1.54, 1.807) is 12.1 Å². The van der Waals surface area contributed by atoms with E-state index in [9.17, 15) is 23.5 Å². The van der Waals surface area contributed by atoms with Gasteiger partial charge in [0.25, 0.3) is 11.7 Å². The summed E-state index contributed by atoms with van der Waals surface area (Å²) in [7, 11) is 2.69. The lowest BCUT2D eigenvalue weighted by molar-refractivity contribution is -0.132. The van der Waals surface area contributed by atoms with E-state index >= 15 is 0 Å². The van der Waals surface area contributed by atoms with Gasteiger partial charge in [-0.05, 0) is 30.3 Å². The number of anilines is 1. The van der Waals surface area contributed by atoms with Crippen LogP contribution in [0.1, 0.15) is 17.3 Å². The van der Waals surface area contributed by atoms with E-state index in [1.807, 2.05) is 0 Å². The molecule has 10 heteroatoms. The van der Waals surface area contributed by atoms with Gasteiger partial charge in [0, 0.05) is 18.3 Å². The first-order valence-electron chi connectivity index (χ1n) is 9.87. The number of aliphatic hydroxyl groups excluding tert-OH is 1. The molecule has 1 aliphatic rings. The Bertz CT molecular complexity index is 1330. The number of ketones is 1. The number of carbonyl (C=O) groups is 2. The van der Waals surface area contributed by atoms with Crippen LogP contribution in [0.5, 0.6) is 11.5 Å². The molecule has 1 unspecified atom stereocenters. The lowest BCUT2D eigenvalue weighted by Crippen LogP contribution is -2.30. The van der Waals surface area contributed by atoms with E-state index in [2.05, 4.69) is 4.98 Å². The summed E-state index contributed by atoms with van der Waals surface area (Å²) in [5.74, 6) is -4.46. The van der Waals surface area contributed by atoms with E-state index in [4.69, 9.17) is 21.1 Å².